The molecule has 40 heavy (non-hydrogen) atoms. The third-order valence-corrected chi connectivity index (χ3v) is 7.33. The van der Waals surface area contributed by atoms with Gasteiger partial charge in [0.05, 0.1) is 16.7 Å². The molecule has 196 valence electrons. The molecular weight excluding hydrogens is 496 g/mol. The molecule has 0 atom stereocenters. The van der Waals surface area contributed by atoms with Crippen LogP contribution in [0.15, 0.2) is 91.3 Å². The van der Waals surface area contributed by atoms with Crippen LogP contribution in [-0.2, 0) is 13.0 Å². The number of aryl methyl sites for hydroxylation is 2. The Labute approximate surface area is 231 Å². The van der Waals surface area contributed by atoms with Crippen molar-refractivity contribution in [3.05, 3.63) is 108 Å². The molecule has 8 heteroatoms. The highest BCUT2D eigenvalue weighted by atomic mass is 15.5. The Morgan fingerprint density at radius 2 is 1.68 bits per heavy atom. The van der Waals surface area contributed by atoms with Crippen LogP contribution in [0, 0.1) is 6.92 Å². The van der Waals surface area contributed by atoms with Gasteiger partial charge in [0.2, 0.25) is 5.82 Å². The molecule has 4 heterocycles. The fourth-order valence-corrected chi connectivity index (χ4v) is 5.32. The van der Waals surface area contributed by atoms with Gasteiger partial charge in [0.15, 0.2) is 0 Å². The van der Waals surface area contributed by atoms with E-state index < -0.39 is 0 Å². The van der Waals surface area contributed by atoms with Crippen molar-refractivity contribution in [2.45, 2.75) is 33.2 Å². The number of rotatable bonds is 7. The number of imidazole rings is 2. The van der Waals surface area contributed by atoms with Crippen LogP contribution in [-0.4, -0.2) is 39.6 Å². The van der Waals surface area contributed by atoms with Crippen molar-refractivity contribution >= 4 is 16.7 Å². The van der Waals surface area contributed by atoms with Crippen molar-refractivity contribution < 1.29 is 0 Å². The second-order valence-electron chi connectivity index (χ2n) is 10.1. The number of tetrazole rings is 1. The first-order chi connectivity index (χ1) is 19.7. The second kappa shape index (κ2) is 9.89. The summed E-state index contributed by atoms with van der Waals surface area (Å²) in [6.45, 7) is 5.03. The van der Waals surface area contributed by atoms with E-state index in [-0.39, 0.29) is 0 Å². The highest BCUT2D eigenvalue weighted by Crippen LogP contribution is 2.31. The SMILES string of the molecule is CCCc1nc2ccc(-c3cn4ccc(C)cc4n3)cc2n1Cc1ccc(-c2ccccc2-c2nn[nH]n2)cc1. The van der Waals surface area contributed by atoms with Crippen molar-refractivity contribution in [3.8, 4) is 33.8 Å². The molecule has 0 fully saturated rings. The number of aromatic amines is 1. The molecule has 0 saturated heterocycles. The first kappa shape index (κ1) is 24.0. The highest BCUT2D eigenvalue weighted by molar-refractivity contribution is 5.83. The van der Waals surface area contributed by atoms with Crippen LogP contribution in [0.25, 0.3) is 50.5 Å². The van der Waals surface area contributed by atoms with E-state index in [1.165, 1.54) is 11.1 Å². The predicted octanol–water partition coefficient (Wildman–Crippen LogP) is 6.51. The maximum absolute atomic E-state index is 5.01. The molecule has 1 N–H and O–H groups in total. The van der Waals surface area contributed by atoms with E-state index in [0.717, 1.165) is 69.8 Å². The molecule has 0 spiro atoms. The zero-order valence-electron chi connectivity index (χ0n) is 22.4. The number of hydrogen-bond donors (Lipinski definition) is 1. The first-order valence-corrected chi connectivity index (χ1v) is 13.5. The molecule has 3 aromatic carbocycles. The van der Waals surface area contributed by atoms with Gasteiger partial charge in [-0.3, -0.25) is 0 Å². The Balaban J connectivity index is 1.24. The Kier molecular flexibility index (Phi) is 5.92. The van der Waals surface area contributed by atoms with Crippen LogP contribution in [0.5, 0.6) is 0 Å². The summed E-state index contributed by atoms with van der Waals surface area (Å²) in [6.07, 6.45) is 6.11. The largest absolute Gasteiger partial charge is 0.323 e. The summed E-state index contributed by atoms with van der Waals surface area (Å²) >= 11 is 0. The third kappa shape index (κ3) is 4.33. The van der Waals surface area contributed by atoms with Crippen LogP contribution >= 0.6 is 0 Å². The normalized spacial score (nSPS) is 11.6. The van der Waals surface area contributed by atoms with Gasteiger partial charge in [-0.15, -0.1) is 10.2 Å². The summed E-state index contributed by atoms with van der Waals surface area (Å²) in [4.78, 5) is 9.90. The number of benzene rings is 3. The molecule has 0 amide bonds. The third-order valence-electron chi connectivity index (χ3n) is 7.33. The number of H-pyrrole nitrogens is 1. The van der Waals surface area contributed by atoms with E-state index in [1.807, 2.05) is 18.2 Å². The maximum atomic E-state index is 5.01. The van der Waals surface area contributed by atoms with E-state index in [4.69, 9.17) is 9.97 Å². The molecular formula is C32H28N8. The summed E-state index contributed by atoms with van der Waals surface area (Å²) in [7, 11) is 0. The molecule has 4 aromatic heterocycles. The smallest absolute Gasteiger partial charge is 0.205 e. The molecule has 0 aliphatic heterocycles. The van der Waals surface area contributed by atoms with Gasteiger partial charge >= 0.3 is 0 Å². The molecule has 0 unspecified atom stereocenters. The fourth-order valence-electron chi connectivity index (χ4n) is 5.32. The number of pyridine rings is 1. The minimum atomic E-state index is 0.588. The molecule has 0 aliphatic rings. The Morgan fingerprint density at radius 1 is 0.850 bits per heavy atom. The summed E-state index contributed by atoms with van der Waals surface area (Å²) in [6, 6.07) is 27.5. The van der Waals surface area contributed by atoms with Gasteiger partial charge < -0.3 is 8.97 Å². The number of hydrogen-bond acceptors (Lipinski definition) is 5. The van der Waals surface area contributed by atoms with Crippen molar-refractivity contribution in [1.29, 1.82) is 0 Å². The molecule has 0 radical (unpaired) electrons. The standard InChI is InChI=1S/C32H28N8/c1-3-6-30-33-27-14-13-24(28-20-39-16-15-21(2)17-31(39)34-28)18-29(27)40(30)19-22-9-11-23(12-10-22)25-7-4-5-8-26(25)32-35-37-38-36-32/h4-5,7-18,20H,3,6,19H2,1-2H3,(H,35,36,37,38). The minimum absolute atomic E-state index is 0.588. The van der Waals surface area contributed by atoms with Gasteiger partial charge in [-0.1, -0.05) is 61.5 Å². The molecule has 0 saturated carbocycles. The van der Waals surface area contributed by atoms with Crippen molar-refractivity contribution in [2.24, 2.45) is 0 Å². The Hall–Kier alpha value is -5.11. The van der Waals surface area contributed by atoms with Gasteiger partial charge in [-0.05, 0) is 65.1 Å². The van der Waals surface area contributed by atoms with Crippen LogP contribution < -0.4 is 0 Å². The van der Waals surface area contributed by atoms with Crippen molar-refractivity contribution in [3.63, 3.8) is 0 Å². The zero-order chi connectivity index (χ0) is 27.1. The van der Waals surface area contributed by atoms with Gasteiger partial charge in [0, 0.05) is 36.5 Å². The van der Waals surface area contributed by atoms with Gasteiger partial charge in [-0.2, -0.15) is 5.21 Å². The first-order valence-electron chi connectivity index (χ1n) is 13.5. The summed E-state index contributed by atoms with van der Waals surface area (Å²) < 4.78 is 4.43. The number of nitrogens with one attached hydrogen (secondary N) is 1. The van der Waals surface area contributed by atoms with Gasteiger partial charge in [0.25, 0.3) is 0 Å². The van der Waals surface area contributed by atoms with Crippen LogP contribution in [0.1, 0.15) is 30.3 Å². The number of aromatic nitrogens is 8. The average molecular weight is 525 g/mol. The van der Waals surface area contributed by atoms with Crippen LogP contribution in [0.2, 0.25) is 0 Å². The highest BCUT2D eigenvalue weighted by Gasteiger charge is 2.15. The Bertz CT molecular complexity index is 1950. The summed E-state index contributed by atoms with van der Waals surface area (Å²) in [5.41, 5.74) is 10.7. The molecule has 8 nitrogen and oxygen atoms in total. The van der Waals surface area contributed by atoms with E-state index in [2.05, 4.69) is 116 Å². The van der Waals surface area contributed by atoms with Gasteiger partial charge in [0.1, 0.15) is 11.5 Å². The average Bonchev–Trinajstić information content (AvgIpc) is 3.73. The molecule has 0 aliphatic carbocycles. The lowest BCUT2D eigenvalue weighted by Crippen LogP contribution is -2.05. The monoisotopic (exact) mass is 524 g/mol. The zero-order valence-corrected chi connectivity index (χ0v) is 22.4. The van der Waals surface area contributed by atoms with E-state index in [1.54, 1.807) is 0 Å². The lowest BCUT2D eigenvalue weighted by atomic mass is 9.98. The second-order valence-corrected chi connectivity index (χ2v) is 10.1. The summed E-state index contributed by atoms with van der Waals surface area (Å²) in [5.74, 6) is 1.69. The Morgan fingerprint density at radius 3 is 2.48 bits per heavy atom. The topological polar surface area (TPSA) is 89.6 Å². The quantitative estimate of drug-likeness (QED) is 0.257. The molecule has 7 rings (SSSR count). The van der Waals surface area contributed by atoms with Crippen molar-refractivity contribution in [1.82, 2.24) is 39.6 Å². The van der Waals surface area contributed by atoms with E-state index in [0.29, 0.717) is 5.82 Å². The van der Waals surface area contributed by atoms with Crippen LogP contribution in [0.3, 0.4) is 0 Å². The van der Waals surface area contributed by atoms with E-state index in [9.17, 15) is 0 Å². The lowest BCUT2D eigenvalue weighted by Gasteiger charge is -2.11. The van der Waals surface area contributed by atoms with Gasteiger partial charge in [-0.25, -0.2) is 9.97 Å². The predicted molar refractivity (Wildman–Crippen MR) is 157 cm³/mol. The van der Waals surface area contributed by atoms with E-state index >= 15 is 0 Å². The number of fused-ring (bicyclic) bond motifs is 2. The minimum Gasteiger partial charge on any atom is -0.323 e. The lowest BCUT2D eigenvalue weighted by molar-refractivity contribution is 0.722. The molecule has 0 bridgehead atoms. The fraction of sp³-hybridized carbons (Fsp3) is 0.156. The summed E-state index contributed by atoms with van der Waals surface area (Å²) in [5, 5.41) is 14.6. The number of nitrogens with zero attached hydrogens (tertiary/aromatic N) is 7. The van der Waals surface area contributed by atoms with Crippen LogP contribution in [0.4, 0.5) is 0 Å². The van der Waals surface area contributed by atoms with Crippen molar-refractivity contribution in [2.75, 3.05) is 0 Å². The molecule has 7 aromatic rings. The maximum Gasteiger partial charge on any atom is 0.205 e.